The molecule has 0 fully saturated rings. The van der Waals surface area contributed by atoms with Crippen LogP contribution in [0.25, 0.3) is 11.2 Å². The molecule has 9 nitrogen and oxygen atoms in total. The molecule has 0 saturated carbocycles. The molecule has 1 atom stereocenters. The summed E-state index contributed by atoms with van der Waals surface area (Å²) in [5.41, 5.74) is 1.49. The van der Waals surface area contributed by atoms with Gasteiger partial charge in [-0.2, -0.15) is 5.10 Å². The van der Waals surface area contributed by atoms with Crippen LogP contribution in [0.5, 0.6) is 0 Å². The number of hydrogen-bond donors (Lipinski definition) is 1. The van der Waals surface area contributed by atoms with E-state index in [1.54, 1.807) is 16.3 Å². The Morgan fingerprint density at radius 3 is 2.48 bits per heavy atom. The number of hydrogen-bond acceptors (Lipinski definition) is 5. The maximum atomic E-state index is 12.4. The molecule has 0 saturated heterocycles. The highest BCUT2D eigenvalue weighted by Crippen LogP contribution is 2.20. The van der Waals surface area contributed by atoms with E-state index in [2.05, 4.69) is 26.0 Å². The number of aliphatic hydroxyl groups excluding tert-OH is 1. The Morgan fingerprint density at radius 2 is 1.88 bits per heavy atom. The first kappa shape index (κ1) is 17.6. The molecule has 3 rings (SSSR count). The Labute approximate surface area is 151 Å². The maximum absolute atomic E-state index is 12.4. The number of fused-ring (bicyclic) bond motifs is 1. The molecule has 0 amide bonds. The Kier molecular flexibility index (Phi) is 4.41. The number of halogens is 1. The van der Waals surface area contributed by atoms with Crippen molar-refractivity contribution in [1.82, 2.24) is 28.5 Å². The van der Waals surface area contributed by atoms with Gasteiger partial charge in [-0.25, -0.2) is 9.78 Å². The fraction of sp³-hybridized carbons (Fsp3) is 0.467. The number of aliphatic hydroxyl groups is 1. The second-order valence-corrected chi connectivity index (χ2v) is 6.89. The lowest BCUT2D eigenvalue weighted by atomic mass is 10.3. The molecule has 10 heteroatoms. The Morgan fingerprint density at radius 1 is 1.20 bits per heavy atom. The SMILES string of the molecule is Cc1nn(C[C@H](O)Cn2cnc3c2c(=O)n(C)c(=O)n3C)c(C)c1Br. The van der Waals surface area contributed by atoms with E-state index in [1.165, 1.54) is 17.9 Å². The van der Waals surface area contributed by atoms with Gasteiger partial charge in [0, 0.05) is 19.8 Å². The van der Waals surface area contributed by atoms with Crippen LogP contribution in [0, 0.1) is 13.8 Å². The van der Waals surface area contributed by atoms with Gasteiger partial charge in [0.1, 0.15) is 0 Å². The smallest absolute Gasteiger partial charge is 0.332 e. The van der Waals surface area contributed by atoms with Crippen molar-refractivity contribution in [2.24, 2.45) is 14.1 Å². The van der Waals surface area contributed by atoms with Gasteiger partial charge in [-0.05, 0) is 29.8 Å². The summed E-state index contributed by atoms with van der Waals surface area (Å²) < 4.78 is 6.55. The summed E-state index contributed by atoms with van der Waals surface area (Å²) in [5.74, 6) is 0. The quantitative estimate of drug-likeness (QED) is 0.655. The summed E-state index contributed by atoms with van der Waals surface area (Å²) in [5, 5.41) is 14.8. The molecule has 0 radical (unpaired) electrons. The van der Waals surface area contributed by atoms with Crippen LogP contribution in [0.4, 0.5) is 0 Å². The second kappa shape index (κ2) is 6.26. The van der Waals surface area contributed by atoms with Crippen LogP contribution < -0.4 is 11.2 Å². The van der Waals surface area contributed by atoms with Crippen LogP contribution in [0.2, 0.25) is 0 Å². The lowest BCUT2D eigenvalue weighted by molar-refractivity contribution is 0.130. The third kappa shape index (κ3) is 2.85. The van der Waals surface area contributed by atoms with Crippen molar-refractivity contribution in [2.45, 2.75) is 33.0 Å². The summed E-state index contributed by atoms with van der Waals surface area (Å²) in [6.07, 6.45) is 0.690. The minimum absolute atomic E-state index is 0.167. The molecular formula is C15H19BrN6O3. The van der Waals surface area contributed by atoms with E-state index in [9.17, 15) is 14.7 Å². The molecule has 3 heterocycles. The molecule has 0 bridgehead atoms. The van der Waals surface area contributed by atoms with Gasteiger partial charge in [-0.3, -0.25) is 18.6 Å². The van der Waals surface area contributed by atoms with E-state index in [1.807, 2.05) is 13.8 Å². The molecule has 1 N–H and O–H groups in total. The predicted molar refractivity (Wildman–Crippen MR) is 95.6 cm³/mol. The third-order valence-electron chi connectivity index (χ3n) is 4.30. The molecule has 0 aliphatic heterocycles. The number of aryl methyl sites for hydroxylation is 2. The molecule has 0 spiro atoms. The third-order valence-corrected chi connectivity index (χ3v) is 5.45. The first-order chi connectivity index (χ1) is 11.7. The van der Waals surface area contributed by atoms with Gasteiger partial charge in [-0.15, -0.1) is 0 Å². The van der Waals surface area contributed by atoms with Gasteiger partial charge in [0.25, 0.3) is 5.56 Å². The summed E-state index contributed by atoms with van der Waals surface area (Å²) in [6.45, 7) is 4.24. The Bertz CT molecular complexity index is 1070. The average Bonchev–Trinajstić information content (AvgIpc) is 3.08. The molecular weight excluding hydrogens is 392 g/mol. The lowest BCUT2D eigenvalue weighted by Crippen LogP contribution is -2.38. The van der Waals surface area contributed by atoms with Crippen molar-refractivity contribution in [3.63, 3.8) is 0 Å². The van der Waals surface area contributed by atoms with Crippen molar-refractivity contribution in [2.75, 3.05) is 0 Å². The van der Waals surface area contributed by atoms with E-state index in [0.29, 0.717) is 5.65 Å². The van der Waals surface area contributed by atoms with Crippen LogP contribution in [0.3, 0.4) is 0 Å². The van der Waals surface area contributed by atoms with Gasteiger partial charge >= 0.3 is 5.69 Å². The van der Waals surface area contributed by atoms with Crippen molar-refractivity contribution in [1.29, 1.82) is 0 Å². The van der Waals surface area contributed by atoms with Gasteiger partial charge in [0.2, 0.25) is 0 Å². The molecule has 25 heavy (non-hydrogen) atoms. The number of nitrogens with zero attached hydrogens (tertiary/aromatic N) is 6. The summed E-state index contributed by atoms with van der Waals surface area (Å²) in [6, 6.07) is 0. The van der Waals surface area contributed by atoms with E-state index in [-0.39, 0.29) is 18.6 Å². The zero-order valence-electron chi connectivity index (χ0n) is 14.4. The summed E-state index contributed by atoms with van der Waals surface area (Å²) in [4.78, 5) is 28.5. The standard InChI is InChI=1S/C15H19BrN6O3/c1-8-11(16)9(2)22(18-8)6-10(23)5-21-7-17-13-12(21)14(24)20(4)15(25)19(13)3/h7,10,23H,5-6H2,1-4H3/t10-/m1/s1. The predicted octanol–water partition coefficient (Wildman–Crippen LogP) is 0.0706. The molecule has 0 aromatic carbocycles. The van der Waals surface area contributed by atoms with Gasteiger partial charge in [0.05, 0.1) is 35.7 Å². The van der Waals surface area contributed by atoms with Gasteiger partial charge < -0.3 is 9.67 Å². The van der Waals surface area contributed by atoms with E-state index >= 15 is 0 Å². The highest BCUT2D eigenvalue weighted by molar-refractivity contribution is 9.10. The first-order valence-electron chi connectivity index (χ1n) is 7.70. The summed E-state index contributed by atoms with van der Waals surface area (Å²) in [7, 11) is 2.98. The zero-order chi connectivity index (χ0) is 18.5. The molecule has 0 aliphatic carbocycles. The van der Waals surface area contributed by atoms with Gasteiger partial charge in [0.15, 0.2) is 11.2 Å². The zero-order valence-corrected chi connectivity index (χ0v) is 16.0. The lowest BCUT2D eigenvalue weighted by Gasteiger charge is -2.13. The highest BCUT2D eigenvalue weighted by Gasteiger charge is 2.18. The highest BCUT2D eigenvalue weighted by atomic mass is 79.9. The van der Waals surface area contributed by atoms with Crippen molar-refractivity contribution >= 4 is 27.1 Å². The molecule has 134 valence electrons. The minimum atomic E-state index is -0.774. The van der Waals surface area contributed by atoms with Crippen molar-refractivity contribution in [3.05, 3.63) is 43.0 Å². The number of rotatable bonds is 4. The minimum Gasteiger partial charge on any atom is -0.389 e. The maximum Gasteiger partial charge on any atom is 0.332 e. The molecule has 3 aromatic rings. The summed E-state index contributed by atoms with van der Waals surface area (Å²) >= 11 is 3.46. The number of imidazole rings is 1. The van der Waals surface area contributed by atoms with Crippen LogP contribution >= 0.6 is 15.9 Å². The Balaban J connectivity index is 1.94. The van der Waals surface area contributed by atoms with Crippen LogP contribution in [-0.2, 0) is 27.2 Å². The largest absolute Gasteiger partial charge is 0.389 e. The van der Waals surface area contributed by atoms with E-state index < -0.39 is 17.4 Å². The normalized spacial score (nSPS) is 12.9. The van der Waals surface area contributed by atoms with Crippen molar-refractivity contribution < 1.29 is 5.11 Å². The average molecular weight is 411 g/mol. The van der Waals surface area contributed by atoms with E-state index in [0.717, 1.165) is 20.4 Å². The monoisotopic (exact) mass is 410 g/mol. The van der Waals surface area contributed by atoms with Gasteiger partial charge in [-0.1, -0.05) is 0 Å². The topological polar surface area (TPSA) is 99.9 Å². The molecule has 0 unspecified atom stereocenters. The fourth-order valence-corrected chi connectivity index (χ4v) is 3.16. The second-order valence-electron chi connectivity index (χ2n) is 6.10. The van der Waals surface area contributed by atoms with Crippen molar-refractivity contribution in [3.8, 4) is 0 Å². The molecule has 0 aliphatic rings. The van der Waals surface area contributed by atoms with E-state index in [4.69, 9.17) is 0 Å². The van der Waals surface area contributed by atoms with Crippen LogP contribution in [0.15, 0.2) is 20.4 Å². The first-order valence-corrected chi connectivity index (χ1v) is 8.50. The number of aromatic nitrogens is 6. The van der Waals surface area contributed by atoms with Crippen LogP contribution in [0.1, 0.15) is 11.4 Å². The van der Waals surface area contributed by atoms with Crippen LogP contribution in [-0.4, -0.2) is 39.7 Å². The fourth-order valence-electron chi connectivity index (χ4n) is 2.87. The molecule has 3 aromatic heterocycles. The Hall–Kier alpha value is -2.20.